The Hall–Kier alpha value is -11.6. The molecule has 524 valence electrons. The molecular formula is C74H49F18N7O3. The summed E-state index contributed by atoms with van der Waals surface area (Å²) in [5.74, 6) is -0.112. The first-order valence-corrected chi connectivity index (χ1v) is 30.0. The maximum absolute atomic E-state index is 13.9. The molecule has 0 radical (unpaired) electrons. The third-order valence-corrected chi connectivity index (χ3v) is 15.5. The fraction of sp³-hybridized carbons (Fsp3) is 0.122. The number of benzene rings is 9. The Bertz CT molecular complexity index is 5150. The minimum atomic E-state index is -4.69. The Morgan fingerprint density at radius 1 is 0.373 bits per heavy atom. The van der Waals surface area contributed by atoms with Crippen LogP contribution in [0.1, 0.15) is 97.3 Å². The van der Waals surface area contributed by atoms with Crippen molar-refractivity contribution in [2.75, 3.05) is 5.32 Å². The summed E-state index contributed by atoms with van der Waals surface area (Å²) in [5.41, 5.74) is -1.62. The lowest BCUT2D eigenvalue weighted by Gasteiger charge is -2.16. The number of imidazole rings is 3. The smallest absolute Gasteiger partial charge is 0.392 e. The van der Waals surface area contributed by atoms with Gasteiger partial charge in [-0.3, -0.25) is 9.59 Å². The molecule has 0 saturated carbocycles. The largest absolute Gasteiger partial charge is 0.417 e. The van der Waals surface area contributed by atoms with Gasteiger partial charge in [0.15, 0.2) is 5.78 Å². The van der Waals surface area contributed by atoms with E-state index in [4.69, 9.17) is 0 Å². The van der Waals surface area contributed by atoms with Crippen LogP contribution in [0, 0.1) is 0 Å². The normalized spacial score (nSPS) is 12.6. The molecule has 0 bridgehead atoms. The molecule has 5 N–H and O–H groups in total. The molecule has 102 heavy (non-hydrogen) atoms. The van der Waals surface area contributed by atoms with Crippen LogP contribution in [0.25, 0.3) is 103 Å². The van der Waals surface area contributed by atoms with Crippen molar-refractivity contribution in [1.82, 2.24) is 29.9 Å². The molecule has 1 amide bonds. The molecule has 9 aromatic carbocycles. The molecule has 3 heterocycles. The molecule has 0 aliphatic heterocycles. The van der Waals surface area contributed by atoms with Gasteiger partial charge in [-0.2, -0.15) is 79.0 Å². The number of anilines is 1. The molecule has 10 nitrogen and oxygen atoms in total. The van der Waals surface area contributed by atoms with Crippen LogP contribution in [-0.2, 0) is 48.5 Å². The van der Waals surface area contributed by atoms with Gasteiger partial charge in [-0.15, -0.1) is 0 Å². The number of amides is 1. The van der Waals surface area contributed by atoms with Crippen LogP contribution in [0.4, 0.5) is 84.7 Å². The number of carbonyl (C=O) groups is 2. The highest BCUT2D eigenvalue weighted by Crippen LogP contribution is 2.45. The first-order valence-electron chi connectivity index (χ1n) is 30.0. The molecule has 3 aromatic heterocycles. The number of aromatic amines is 3. The number of nitrogens with one attached hydrogen (secondary N) is 4. The molecule has 0 atom stereocenters. The van der Waals surface area contributed by atoms with Gasteiger partial charge in [-0.05, 0) is 154 Å². The van der Waals surface area contributed by atoms with Crippen LogP contribution in [0.5, 0.6) is 0 Å². The number of nitrogens with zero attached hydrogens (tertiary/aromatic N) is 3. The summed E-state index contributed by atoms with van der Waals surface area (Å²) >= 11 is 0. The Balaban J connectivity index is 0.000000165. The highest BCUT2D eigenvalue weighted by molar-refractivity contribution is 6.02. The van der Waals surface area contributed by atoms with E-state index in [1.165, 1.54) is 135 Å². The number of halogens is 18. The molecule has 0 spiro atoms. The van der Waals surface area contributed by atoms with Crippen molar-refractivity contribution in [2.45, 2.75) is 57.5 Å². The van der Waals surface area contributed by atoms with Crippen molar-refractivity contribution in [3.63, 3.8) is 0 Å². The van der Waals surface area contributed by atoms with E-state index in [1.807, 2.05) is 0 Å². The van der Waals surface area contributed by atoms with Gasteiger partial charge >= 0.3 is 37.1 Å². The van der Waals surface area contributed by atoms with Gasteiger partial charge in [0.2, 0.25) is 5.91 Å². The Kier molecular flexibility index (Phi) is 20.8. The zero-order valence-electron chi connectivity index (χ0n) is 52.4. The maximum atomic E-state index is 13.9. The number of Topliss-reactive ketones (excluding diaryl/α,β-unsaturated/α-hetero) is 1. The van der Waals surface area contributed by atoms with E-state index in [9.17, 15) is 93.7 Å². The zero-order valence-corrected chi connectivity index (χ0v) is 52.4. The van der Waals surface area contributed by atoms with Crippen LogP contribution < -0.4 is 5.32 Å². The summed E-state index contributed by atoms with van der Waals surface area (Å²) in [5, 5.41) is 12.1. The van der Waals surface area contributed by atoms with Crippen molar-refractivity contribution in [3.05, 3.63) is 261 Å². The predicted molar refractivity (Wildman–Crippen MR) is 351 cm³/mol. The molecule has 0 fully saturated rings. The minimum Gasteiger partial charge on any atom is -0.392 e. The van der Waals surface area contributed by atoms with Crippen LogP contribution in [0.15, 0.2) is 182 Å². The summed E-state index contributed by atoms with van der Waals surface area (Å²) in [4.78, 5) is 44.8. The number of H-pyrrole nitrogens is 3. The summed E-state index contributed by atoms with van der Waals surface area (Å²) in [6.45, 7) is 2.12. The number of aromatic nitrogens is 6. The van der Waals surface area contributed by atoms with E-state index < -0.39 is 83.0 Å². The van der Waals surface area contributed by atoms with Gasteiger partial charge in [-0.1, -0.05) is 121 Å². The van der Waals surface area contributed by atoms with E-state index in [0.29, 0.717) is 22.3 Å². The van der Waals surface area contributed by atoms with Gasteiger partial charge in [0.05, 0.1) is 73.1 Å². The van der Waals surface area contributed by atoms with Crippen molar-refractivity contribution in [1.29, 1.82) is 0 Å². The summed E-state index contributed by atoms with van der Waals surface area (Å²) < 4.78 is 239. The maximum Gasteiger partial charge on any atom is 0.417 e. The molecule has 28 heteroatoms. The third-order valence-electron chi connectivity index (χ3n) is 15.5. The van der Waals surface area contributed by atoms with Crippen molar-refractivity contribution in [2.24, 2.45) is 0 Å². The van der Waals surface area contributed by atoms with E-state index in [-0.39, 0.29) is 101 Å². The number of hydrogen-bond donors (Lipinski definition) is 5. The van der Waals surface area contributed by atoms with Gasteiger partial charge < -0.3 is 25.4 Å². The predicted octanol–water partition coefficient (Wildman–Crippen LogP) is 22.0. The van der Waals surface area contributed by atoms with Crippen LogP contribution >= 0.6 is 0 Å². The standard InChI is InChI=1S/C25H17F6N3O.C25H16F6N2O.C24H16F6N2O/c1-14(35)32-20-5-3-2-4-17(20)18-12-21-22(13-19(18)25(29,30)31)34-23(33-21)11-8-15-6-9-16(10-7-15)24(26,27)28;1-14(34)17-4-2-3-5-18(17)19-12-21-22(13-20(19)25(29,30)31)33-23(32-21)11-8-15-6-9-16(10-7-15)24(26,27)28;25-23(26,27)16-8-5-14(6-9-16)7-10-22-31-20-11-18(17-4-2-1-3-15(17)13-33)19(24(28,29)30)12-21(20)32-22/h2-13H,1H3,(H,32,35)(H,33,34);2-13H,1H3,(H,32,33);1-12,33H,13H2,(H,31,32)/b2*11-8+;10-7+. The second-order valence-corrected chi connectivity index (χ2v) is 22.6. The number of para-hydroxylation sites is 1. The summed E-state index contributed by atoms with van der Waals surface area (Å²) in [6, 6.07) is 38.4. The van der Waals surface area contributed by atoms with Gasteiger partial charge in [0.1, 0.15) is 17.5 Å². The molecule has 0 aliphatic carbocycles. The quantitative estimate of drug-likeness (QED) is 0.0607. The van der Waals surface area contributed by atoms with E-state index in [0.717, 1.165) is 54.6 Å². The van der Waals surface area contributed by atoms with Crippen LogP contribution in [0.2, 0.25) is 0 Å². The minimum absolute atomic E-state index is 0.107. The van der Waals surface area contributed by atoms with E-state index >= 15 is 0 Å². The first kappa shape index (κ1) is 73.2. The topological polar surface area (TPSA) is 152 Å². The molecular weight excluding hydrogens is 1380 g/mol. The molecule has 0 aliphatic rings. The first-order chi connectivity index (χ1) is 47.9. The highest BCUT2D eigenvalue weighted by atomic mass is 19.4. The Labute approximate surface area is 565 Å². The average Bonchev–Trinajstić information content (AvgIpc) is 1.47. The van der Waals surface area contributed by atoms with Crippen molar-refractivity contribution in [3.8, 4) is 33.4 Å². The van der Waals surface area contributed by atoms with Crippen LogP contribution in [-0.4, -0.2) is 46.7 Å². The molecule has 0 unspecified atom stereocenters. The summed E-state index contributed by atoms with van der Waals surface area (Å²) in [6.07, 6.45) is -18.5. The molecule has 12 aromatic rings. The molecule has 0 saturated heterocycles. The lowest BCUT2D eigenvalue weighted by atomic mass is 9.93. The Morgan fingerprint density at radius 2 is 0.686 bits per heavy atom. The summed E-state index contributed by atoms with van der Waals surface area (Å²) in [7, 11) is 0. The number of fused-ring (bicyclic) bond motifs is 3. The number of rotatable bonds is 12. The number of carbonyl (C=O) groups excluding carboxylic acids is 2. The number of ketones is 1. The fourth-order valence-corrected chi connectivity index (χ4v) is 10.7. The lowest BCUT2D eigenvalue weighted by molar-refractivity contribution is -0.138. The second kappa shape index (κ2) is 29.0. The Morgan fingerprint density at radius 3 is 1.02 bits per heavy atom. The third kappa shape index (κ3) is 17.5. The van der Waals surface area contributed by atoms with Gasteiger partial charge in [-0.25, -0.2) is 15.0 Å². The van der Waals surface area contributed by atoms with Gasteiger partial charge in [0, 0.05) is 23.7 Å². The number of aliphatic hydroxyl groups is 1. The van der Waals surface area contributed by atoms with Crippen molar-refractivity contribution >= 4 is 86.9 Å². The second-order valence-electron chi connectivity index (χ2n) is 22.6. The average molecular weight is 1430 g/mol. The van der Waals surface area contributed by atoms with Crippen LogP contribution in [0.3, 0.4) is 0 Å². The number of aliphatic hydroxyl groups excluding tert-OH is 1. The monoisotopic (exact) mass is 1430 g/mol. The number of hydrogen-bond acceptors (Lipinski definition) is 6. The van der Waals surface area contributed by atoms with E-state index in [1.54, 1.807) is 42.5 Å². The fourth-order valence-electron chi connectivity index (χ4n) is 10.7. The number of alkyl halides is 18. The lowest BCUT2D eigenvalue weighted by Crippen LogP contribution is -2.10. The SMILES string of the molecule is CC(=O)Nc1ccccc1-c1cc2nc(/C=C/c3ccc(C(F)(F)F)cc3)[nH]c2cc1C(F)(F)F.CC(=O)c1ccccc1-c1cc2nc(/C=C/c3ccc(C(F)(F)F)cc3)[nH]c2cc1C(F)(F)F.OCc1ccccc1-c1cc2nc(/C=C/c3ccc(C(F)(F)F)cc3)[nH]c2cc1C(F)(F)F. The van der Waals surface area contributed by atoms with E-state index in [2.05, 4.69) is 35.2 Å². The van der Waals surface area contributed by atoms with Crippen molar-refractivity contribution < 1.29 is 93.7 Å². The molecule has 12 rings (SSSR count). The highest BCUT2D eigenvalue weighted by Gasteiger charge is 2.39. The zero-order chi connectivity index (χ0) is 73.9. The van der Waals surface area contributed by atoms with Gasteiger partial charge in [0.25, 0.3) is 0 Å².